The molecule has 3 aliphatic rings. The van der Waals surface area contributed by atoms with E-state index in [1.54, 1.807) is 0 Å². The number of nitrogens with one attached hydrogen (secondary N) is 1. The molecule has 0 spiro atoms. The maximum Gasteiger partial charge on any atom is 0.0578 e. The van der Waals surface area contributed by atoms with Gasteiger partial charge in [0.15, 0.2) is 0 Å². The molecule has 3 heteroatoms. The predicted octanol–water partition coefficient (Wildman–Crippen LogP) is 2.64. The fourth-order valence-corrected chi connectivity index (χ4v) is 4.42. The lowest BCUT2D eigenvalue weighted by atomic mass is 9.78. The Morgan fingerprint density at radius 1 is 1.19 bits per heavy atom. The van der Waals surface area contributed by atoms with Crippen LogP contribution in [0.3, 0.4) is 0 Å². The molecule has 0 aromatic heterocycles. The minimum atomic E-state index is -0.113. The number of piperidine rings is 1. The van der Waals surface area contributed by atoms with E-state index in [-0.39, 0.29) is 6.10 Å². The fraction of sp³-hybridized carbons (Fsp3) is 1.00. The van der Waals surface area contributed by atoms with E-state index in [1.165, 1.54) is 51.6 Å². The summed E-state index contributed by atoms with van der Waals surface area (Å²) >= 11 is 0. The van der Waals surface area contributed by atoms with Gasteiger partial charge in [-0.05, 0) is 62.8 Å². The molecule has 3 rings (SSSR count). The van der Waals surface area contributed by atoms with Gasteiger partial charge >= 0.3 is 0 Å². The lowest BCUT2D eigenvalue weighted by Gasteiger charge is -2.48. The second-order valence-electron chi connectivity index (χ2n) is 8.06. The number of hydrogen-bond acceptors (Lipinski definition) is 3. The summed E-state index contributed by atoms with van der Waals surface area (Å²) in [6.45, 7) is 8.01. The van der Waals surface area contributed by atoms with Gasteiger partial charge in [-0.25, -0.2) is 0 Å². The third-order valence-electron chi connectivity index (χ3n) is 6.26. The van der Waals surface area contributed by atoms with Crippen molar-refractivity contribution in [2.75, 3.05) is 19.6 Å². The van der Waals surface area contributed by atoms with E-state index in [2.05, 4.69) is 24.1 Å². The Morgan fingerprint density at radius 2 is 1.95 bits per heavy atom. The summed E-state index contributed by atoms with van der Waals surface area (Å²) in [5, 5.41) is 14.1. The van der Waals surface area contributed by atoms with Gasteiger partial charge < -0.3 is 10.4 Å². The summed E-state index contributed by atoms with van der Waals surface area (Å²) in [5.41, 5.74) is 0. The third-order valence-corrected chi connectivity index (χ3v) is 6.26. The first-order chi connectivity index (χ1) is 10.2. The first kappa shape index (κ1) is 15.8. The monoisotopic (exact) mass is 294 g/mol. The van der Waals surface area contributed by atoms with E-state index in [9.17, 15) is 5.11 Å². The highest BCUT2D eigenvalue weighted by atomic mass is 16.3. The molecule has 2 saturated carbocycles. The Bertz CT molecular complexity index is 325. The summed E-state index contributed by atoms with van der Waals surface area (Å²) in [5.74, 6) is 2.31. The van der Waals surface area contributed by atoms with Crippen LogP contribution in [0.4, 0.5) is 0 Å². The van der Waals surface area contributed by atoms with Crippen LogP contribution in [0, 0.1) is 17.8 Å². The van der Waals surface area contributed by atoms with Gasteiger partial charge in [0.25, 0.3) is 0 Å². The number of hydrogen-bond donors (Lipinski definition) is 2. The molecule has 3 atom stereocenters. The molecule has 2 aliphatic carbocycles. The summed E-state index contributed by atoms with van der Waals surface area (Å²) < 4.78 is 0. The largest absolute Gasteiger partial charge is 0.393 e. The van der Waals surface area contributed by atoms with Gasteiger partial charge in [0.05, 0.1) is 6.10 Å². The molecule has 0 aromatic carbocycles. The van der Waals surface area contributed by atoms with E-state index in [0.29, 0.717) is 12.0 Å². The van der Waals surface area contributed by atoms with Crippen LogP contribution in [0.25, 0.3) is 0 Å². The lowest BCUT2D eigenvalue weighted by molar-refractivity contribution is -0.0101. The van der Waals surface area contributed by atoms with E-state index < -0.39 is 0 Å². The molecular weight excluding hydrogens is 260 g/mol. The maximum atomic E-state index is 10.3. The van der Waals surface area contributed by atoms with Crippen LogP contribution < -0.4 is 5.32 Å². The van der Waals surface area contributed by atoms with E-state index in [4.69, 9.17) is 0 Å². The lowest BCUT2D eigenvalue weighted by Crippen LogP contribution is -2.57. The second kappa shape index (κ2) is 6.97. The van der Waals surface area contributed by atoms with Crippen molar-refractivity contribution in [2.45, 2.75) is 77.0 Å². The molecule has 1 heterocycles. The molecule has 0 bridgehead atoms. The Hall–Kier alpha value is -0.120. The van der Waals surface area contributed by atoms with Crippen LogP contribution >= 0.6 is 0 Å². The van der Waals surface area contributed by atoms with Gasteiger partial charge in [0.1, 0.15) is 0 Å². The van der Waals surface area contributed by atoms with E-state index in [0.717, 1.165) is 30.8 Å². The first-order valence-electron chi connectivity index (χ1n) is 9.31. The zero-order valence-electron chi connectivity index (χ0n) is 13.9. The highest BCUT2D eigenvalue weighted by Crippen LogP contribution is 2.35. The summed E-state index contributed by atoms with van der Waals surface area (Å²) in [4.78, 5) is 2.69. The summed E-state index contributed by atoms with van der Waals surface area (Å²) in [7, 11) is 0. The van der Waals surface area contributed by atoms with Crippen LogP contribution in [0.2, 0.25) is 0 Å². The van der Waals surface area contributed by atoms with Gasteiger partial charge in [0, 0.05) is 25.2 Å². The zero-order valence-corrected chi connectivity index (χ0v) is 13.9. The number of likely N-dealkylation sites (tertiary alicyclic amines) is 1. The van der Waals surface area contributed by atoms with Crippen molar-refractivity contribution < 1.29 is 5.11 Å². The molecule has 0 radical (unpaired) electrons. The quantitative estimate of drug-likeness (QED) is 0.790. The summed E-state index contributed by atoms with van der Waals surface area (Å²) in [6.07, 6.45) is 8.96. The predicted molar refractivity (Wildman–Crippen MR) is 87.3 cm³/mol. The molecule has 3 fully saturated rings. The smallest absolute Gasteiger partial charge is 0.0578 e. The molecule has 3 nitrogen and oxygen atoms in total. The van der Waals surface area contributed by atoms with Crippen molar-refractivity contribution in [3.8, 4) is 0 Å². The molecule has 21 heavy (non-hydrogen) atoms. The van der Waals surface area contributed by atoms with Gasteiger partial charge in [-0.1, -0.05) is 20.3 Å². The Balaban J connectivity index is 1.53. The van der Waals surface area contributed by atoms with Crippen LogP contribution in [-0.2, 0) is 0 Å². The standard InChI is InChI=1S/C18H34N2O/c1-3-18(21)15-9-16(19-10-14-5-4-6-14)12-20(11-15)17-7-13(2)8-17/h13-19,21H,3-12H2,1-2H3. The Morgan fingerprint density at radius 3 is 2.52 bits per heavy atom. The normalized spacial score (nSPS) is 39.6. The highest BCUT2D eigenvalue weighted by molar-refractivity contribution is 4.93. The minimum absolute atomic E-state index is 0.113. The van der Waals surface area contributed by atoms with Crippen LogP contribution in [0.1, 0.15) is 58.8 Å². The Kier molecular flexibility index (Phi) is 5.23. The van der Waals surface area contributed by atoms with Crippen molar-refractivity contribution in [3.63, 3.8) is 0 Å². The molecule has 0 amide bonds. The van der Waals surface area contributed by atoms with Gasteiger partial charge in [-0.15, -0.1) is 0 Å². The van der Waals surface area contributed by atoms with Gasteiger partial charge in [0.2, 0.25) is 0 Å². The average Bonchev–Trinajstić information content (AvgIpc) is 2.41. The zero-order chi connectivity index (χ0) is 14.8. The molecule has 0 aromatic rings. The molecule has 2 N–H and O–H groups in total. The van der Waals surface area contributed by atoms with Crippen molar-refractivity contribution in [1.29, 1.82) is 0 Å². The number of aliphatic hydroxyl groups is 1. The number of rotatable bonds is 6. The number of aliphatic hydroxyl groups excluding tert-OH is 1. The second-order valence-corrected chi connectivity index (χ2v) is 8.06. The minimum Gasteiger partial charge on any atom is -0.393 e. The molecule has 1 aliphatic heterocycles. The average molecular weight is 294 g/mol. The maximum absolute atomic E-state index is 10.3. The van der Waals surface area contributed by atoms with E-state index in [1.807, 2.05) is 0 Å². The van der Waals surface area contributed by atoms with Crippen molar-refractivity contribution in [2.24, 2.45) is 17.8 Å². The summed E-state index contributed by atoms with van der Waals surface area (Å²) in [6, 6.07) is 1.39. The Labute approximate surface area is 130 Å². The molecular formula is C18H34N2O. The van der Waals surface area contributed by atoms with E-state index >= 15 is 0 Å². The van der Waals surface area contributed by atoms with Crippen molar-refractivity contribution in [1.82, 2.24) is 10.2 Å². The number of nitrogens with zero attached hydrogens (tertiary/aromatic N) is 1. The third kappa shape index (κ3) is 3.80. The van der Waals surface area contributed by atoms with Crippen molar-refractivity contribution >= 4 is 0 Å². The van der Waals surface area contributed by atoms with Gasteiger partial charge in [-0.3, -0.25) is 4.90 Å². The van der Waals surface area contributed by atoms with Gasteiger partial charge in [-0.2, -0.15) is 0 Å². The van der Waals surface area contributed by atoms with Crippen LogP contribution in [0.5, 0.6) is 0 Å². The van der Waals surface area contributed by atoms with Crippen molar-refractivity contribution in [3.05, 3.63) is 0 Å². The topological polar surface area (TPSA) is 35.5 Å². The molecule has 122 valence electrons. The molecule has 3 unspecified atom stereocenters. The van der Waals surface area contributed by atoms with Crippen LogP contribution in [0.15, 0.2) is 0 Å². The first-order valence-corrected chi connectivity index (χ1v) is 9.31. The fourth-order valence-electron chi connectivity index (χ4n) is 4.42. The molecule has 1 saturated heterocycles. The highest BCUT2D eigenvalue weighted by Gasteiger charge is 2.38. The SMILES string of the molecule is CCC(O)C1CC(NCC2CCC2)CN(C2CC(C)C2)C1. The van der Waals surface area contributed by atoms with Crippen LogP contribution in [-0.4, -0.2) is 47.8 Å².